The van der Waals surface area contributed by atoms with Gasteiger partial charge in [0.25, 0.3) is 0 Å². The molecule has 3 aromatic rings. The number of likely N-dealkylation sites (tertiary alicyclic amines) is 1. The zero-order valence-electron chi connectivity index (χ0n) is 17.0. The molecule has 2 atom stereocenters. The third-order valence-corrected chi connectivity index (χ3v) is 6.27. The lowest BCUT2D eigenvalue weighted by Crippen LogP contribution is -2.43. The summed E-state index contributed by atoms with van der Waals surface area (Å²) in [6.45, 7) is 2.10. The number of aromatic nitrogens is 4. The van der Waals surface area contributed by atoms with E-state index in [1.165, 1.54) is 16.0 Å². The molecule has 156 valence electrons. The second kappa shape index (κ2) is 9.86. The van der Waals surface area contributed by atoms with Crippen molar-refractivity contribution in [2.75, 3.05) is 19.3 Å². The van der Waals surface area contributed by atoms with E-state index in [0.29, 0.717) is 13.0 Å². The van der Waals surface area contributed by atoms with Crippen LogP contribution < -0.4 is 5.32 Å². The molecule has 7 nitrogen and oxygen atoms in total. The smallest absolute Gasteiger partial charge is 0.237 e. The van der Waals surface area contributed by atoms with Gasteiger partial charge in [0.1, 0.15) is 6.33 Å². The molecule has 1 aromatic heterocycles. The van der Waals surface area contributed by atoms with E-state index in [0.717, 1.165) is 19.5 Å². The molecule has 2 aromatic carbocycles. The summed E-state index contributed by atoms with van der Waals surface area (Å²) < 4.78 is 1.76. The first-order chi connectivity index (χ1) is 14.7. The van der Waals surface area contributed by atoms with Gasteiger partial charge in [-0.25, -0.2) is 4.68 Å². The van der Waals surface area contributed by atoms with E-state index in [-0.39, 0.29) is 18.0 Å². The number of rotatable bonds is 8. The third kappa shape index (κ3) is 5.06. The topological polar surface area (TPSA) is 75.9 Å². The summed E-state index contributed by atoms with van der Waals surface area (Å²) in [6, 6.07) is 18.6. The van der Waals surface area contributed by atoms with Crippen molar-refractivity contribution in [3.63, 3.8) is 0 Å². The molecule has 1 amide bonds. The van der Waals surface area contributed by atoms with Crippen molar-refractivity contribution in [3.05, 3.63) is 72.1 Å². The highest BCUT2D eigenvalue weighted by Crippen LogP contribution is 2.28. The molecule has 1 N–H and O–H groups in total. The van der Waals surface area contributed by atoms with Gasteiger partial charge >= 0.3 is 0 Å². The minimum Gasteiger partial charge on any atom is -0.354 e. The van der Waals surface area contributed by atoms with Gasteiger partial charge in [0.15, 0.2) is 0 Å². The second-order valence-electron chi connectivity index (χ2n) is 7.50. The molecular weight excluding hydrogens is 396 g/mol. The third-order valence-electron chi connectivity index (χ3n) is 5.52. The first-order valence-electron chi connectivity index (χ1n) is 10.1. The Kier molecular flexibility index (Phi) is 6.76. The lowest BCUT2D eigenvalue weighted by atomic mass is 10.1. The number of nitrogens with zero attached hydrogens (tertiary/aromatic N) is 5. The number of thioether (sulfide) groups is 1. The van der Waals surface area contributed by atoms with Gasteiger partial charge in [-0.1, -0.05) is 42.5 Å². The summed E-state index contributed by atoms with van der Waals surface area (Å²) in [6.07, 6.45) is 5.23. The normalized spacial score (nSPS) is 19.1. The Hall–Kier alpha value is -2.71. The molecule has 1 aliphatic heterocycles. The number of carbonyl (C=O) groups excluding carboxylic acids is 1. The molecular formula is C22H26N6OS. The van der Waals surface area contributed by atoms with Crippen LogP contribution in [0.4, 0.5) is 0 Å². The van der Waals surface area contributed by atoms with E-state index >= 15 is 0 Å². The first-order valence-corrected chi connectivity index (χ1v) is 11.4. The molecule has 1 aliphatic rings. The molecule has 0 unspecified atom stereocenters. The highest BCUT2D eigenvalue weighted by molar-refractivity contribution is 7.98. The predicted molar refractivity (Wildman–Crippen MR) is 117 cm³/mol. The largest absolute Gasteiger partial charge is 0.354 e. The molecule has 1 fully saturated rings. The summed E-state index contributed by atoms with van der Waals surface area (Å²) in [7, 11) is 0. The number of nitrogens with one attached hydrogen (secondary N) is 1. The van der Waals surface area contributed by atoms with Gasteiger partial charge in [0.05, 0.1) is 12.1 Å². The van der Waals surface area contributed by atoms with Crippen LogP contribution in [0, 0.1) is 0 Å². The van der Waals surface area contributed by atoms with Crippen molar-refractivity contribution in [3.8, 4) is 0 Å². The first kappa shape index (κ1) is 20.6. The molecule has 0 aliphatic carbocycles. The fourth-order valence-electron chi connectivity index (χ4n) is 3.91. The maximum atomic E-state index is 13.0. The van der Waals surface area contributed by atoms with Crippen molar-refractivity contribution in [2.24, 2.45) is 0 Å². The van der Waals surface area contributed by atoms with Gasteiger partial charge in [-0.3, -0.25) is 9.69 Å². The molecule has 4 rings (SSSR count). The Morgan fingerprint density at radius 3 is 2.63 bits per heavy atom. The van der Waals surface area contributed by atoms with E-state index in [1.54, 1.807) is 22.8 Å². The van der Waals surface area contributed by atoms with E-state index in [9.17, 15) is 4.79 Å². The van der Waals surface area contributed by atoms with Crippen LogP contribution in [0.2, 0.25) is 0 Å². The van der Waals surface area contributed by atoms with Gasteiger partial charge in [-0.05, 0) is 52.8 Å². The van der Waals surface area contributed by atoms with E-state index in [2.05, 4.69) is 68.4 Å². The molecule has 8 heteroatoms. The standard InChI is InChI=1S/C22H26N6OS/c1-30-20-9-7-18(8-10-20)14-27-15-19(28-16-24-25-26-28)13-21(27)22(29)23-12-11-17-5-3-2-4-6-17/h2-10,16,19,21H,11-15H2,1H3,(H,23,29)/t19-,21+/m1/s1. The Morgan fingerprint density at radius 1 is 1.13 bits per heavy atom. The average molecular weight is 423 g/mol. The van der Waals surface area contributed by atoms with Crippen molar-refractivity contribution < 1.29 is 4.79 Å². The van der Waals surface area contributed by atoms with E-state index in [1.807, 2.05) is 18.2 Å². The van der Waals surface area contributed by atoms with Gasteiger partial charge in [-0.2, -0.15) is 0 Å². The molecule has 2 heterocycles. The van der Waals surface area contributed by atoms with Crippen LogP contribution >= 0.6 is 11.8 Å². The summed E-state index contributed by atoms with van der Waals surface area (Å²) in [5.74, 6) is 0.0715. The number of hydrogen-bond donors (Lipinski definition) is 1. The molecule has 30 heavy (non-hydrogen) atoms. The van der Waals surface area contributed by atoms with Crippen LogP contribution in [0.5, 0.6) is 0 Å². The van der Waals surface area contributed by atoms with Gasteiger partial charge < -0.3 is 5.32 Å². The minimum absolute atomic E-state index is 0.0715. The number of tetrazole rings is 1. The monoisotopic (exact) mass is 422 g/mol. The second-order valence-corrected chi connectivity index (χ2v) is 8.38. The lowest BCUT2D eigenvalue weighted by Gasteiger charge is -2.23. The molecule has 1 saturated heterocycles. The Bertz CT molecular complexity index is 932. The van der Waals surface area contributed by atoms with Crippen LogP contribution in [0.15, 0.2) is 65.8 Å². The van der Waals surface area contributed by atoms with Gasteiger partial charge in [0.2, 0.25) is 5.91 Å². The fraction of sp³-hybridized carbons (Fsp3) is 0.364. The van der Waals surface area contributed by atoms with Crippen LogP contribution in [-0.4, -0.2) is 56.4 Å². The van der Waals surface area contributed by atoms with Gasteiger partial charge in [-0.15, -0.1) is 16.9 Å². The van der Waals surface area contributed by atoms with Crippen molar-refractivity contribution in [1.29, 1.82) is 0 Å². The summed E-state index contributed by atoms with van der Waals surface area (Å²) in [5, 5.41) is 14.7. The Morgan fingerprint density at radius 2 is 1.93 bits per heavy atom. The summed E-state index contributed by atoms with van der Waals surface area (Å²) >= 11 is 1.73. The quantitative estimate of drug-likeness (QED) is 0.563. The Labute approximate surface area is 180 Å². The number of hydrogen-bond acceptors (Lipinski definition) is 6. The molecule has 0 radical (unpaired) electrons. The molecule has 0 saturated carbocycles. The predicted octanol–water partition coefficient (Wildman–Crippen LogP) is 2.57. The van der Waals surface area contributed by atoms with E-state index in [4.69, 9.17) is 0 Å². The average Bonchev–Trinajstić information content (AvgIpc) is 3.45. The van der Waals surface area contributed by atoms with Crippen LogP contribution in [0.25, 0.3) is 0 Å². The zero-order valence-corrected chi connectivity index (χ0v) is 17.8. The highest BCUT2D eigenvalue weighted by atomic mass is 32.2. The van der Waals surface area contributed by atoms with E-state index < -0.39 is 0 Å². The molecule has 0 spiro atoms. The maximum absolute atomic E-state index is 13.0. The zero-order chi connectivity index (χ0) is 20.8. The summed E-state index contributed by atoms with van der Waals surface area (Å²) in [4.78, 5) is 16.5. The SMILES string of the molecule is CSc1ccc(CN2C[C@H](n3cnnn3)C[C@H]2C(=O)NCCc2ccccc2)cc1. The van der Waals surface area contributed by atoms with Crippen LogP contribution in [0.3, 0.4) is 0 Å². The Balaban J connectivity index is 1.42. The van der Waals surface area contributed by atoms with Crippen LogP contribution in [-0.2, 0) is 17.8 Å². The number of benzene rings is 2. The fourth-order valence-corrected chi connectivity index (χ4v) is 4.32. The highest BCUT2D eigenvalue weighted by Gasteiger charge is 2.38. The van der Waals surface area contributed by atoms with Gasteiger partial charge in [0, 0.05) is 24.5 Å². The van der Waals surface area contributed by atoms with Crippen molar-refractivity contribution in [1.82, 2.24) is 30.4 Å². The van der Waals surface area contributed by atoms with Crippen molar-refractivity contribution in [2.45, 2.75) is 36.4 Å². The van der Waals surface area contributed by atoms with Crippen LogP contribution in [0.1, 0.15) is 23.6 Å². The van der Waals surface area contributed by atoms with Crippen molar-refractivity contribution >= 4 is 17.7 Å². The summed E-state index contributed by atoms with van der Waals surface area (Å²) in [5.41, 5.74) is 2.42. The number of amides is 1. The molecule has 0 bridgehead atoms. The number of carbonyl (C=O) groups is 1. The lowest BCUT2D eigenvalue weighted by molar-refractivity contribution is -0.125. The minimum atomic E-state index is -0.199. The maximum Gasteiger partial charge on any atom is 0.237 e.